The van der Waals surface area contributed by atoms with E-state index in [1.165, 1.54) is 9.91 Å². The summed E-state index contributed by atoms with van der Waals surface area (Å²) in [4.78, 5) is 4.62. The summed E-state index contributed by atoms with van der Waals surface area (Å²) in [5.41, 5.74) is 3.27. The Labute approximate surface area is 102 Å². The van der Waals surface area contributed by atoms with Gasteiger partial charge in [0.15, 0.2) is 0 Å². The van der Waals surface area contributed by atoms with Crippen molar-refractivity contribution in [1.29, 1.82) is 0 Å². The molecule has 16 heavy (non-hydrogen) atoms. The van der Waals surface area contributed by atoms with Crippen molar-refractivity contribution >= 4 is 26.9 Å². The Morgan fingerprint density at radius 1 is 1.00 bits per heavy atom. The van der Waals surface area contributed by atoms with E-state index in [4.69, 9.17) is 0 Å². The van der Waals surface area contributed by atoms with Crippen LogP contribution in [0.15, 0.2) is 54.9 Å². The summed E-state index contributed by atoms with van der Waals surface area (Å²) in [6.07, 6.45) is 4.10. The second kappa shape index (κ2) is 3.80. The monoisotopic (exact) mass is 270 g/mol. The van der Waals surface area contributed by atoms with Crippen LogP contribution in [0.25, 0.3) is 16.9 Å². The molecule has 0 N–H and O–H groups in total. The van der Waals surface area contributed by atoms with Crippen molar-refractivity contribution in [2.24, 2.45) is 0 Å². The summed E-state index contributed by atoms with van der Waals surface area (Å²) in [6, 6.07) is 14.4. The molecule has 0 saturated heterocycles. The number of imidazole rings is 1. The van der Waals surface area contributed by atoms with Gasteiger partial charge in [-0.2, -0.15) is 0 Å². The molecule has 3 aromatic rings. The number of nitrogens with zero attached hydrogens (tertiary/aromatic N) is 2. The van der Waals surface area contributed by atoms with E-state index in [0.717, 1.165) is 11.3 Å². The van der Waals surface area contributed by atoms with Crippen LogP contribution in [0, 0.1) is 0 Å². The van der Waals surface area contributed by atoms with Gasteiger partial charge in [0.05, 0.1) is 0 Å². The number of rotatable bonds is 1. The quantitative estimate of drug-likeness (QED) is 0.608. The molecule has 0 spiro atoms. The first-order valence-corrected chi connectivity index (χ1v) is 6.34. The number of fused-ring (bicyclic) bond motifs is 1. The van der Waals surface area contributed by atoms with Crippen molar-refractivity contribution in [3.63, 3.8) is 0 Å². The van der Waals surface area contributed by atoms with Crippen LogP contribution in [-0.2, 0) is 0 Å². The molecule has 3 rings (SSSR count). The SMILES string of the molecule is [AsH2]c1ccccc1-c1cn2ccccc2n1. The van der Waals surface area contributed by atoms with Gasteiger partial charge in [0.1, 0.15) is 0 Å². The Bertz CT molecular complexity index is 610. The van der Waals surface area contributed by atoms with Crippen LogP contribution < -0.4 is 4.35 Å². The van der Waals surface area contributed by atoms with Gasteiger partial charge in [-0.05, 0) is 0 Å². The minimum absolute atomic E-state index is 0.994. The van der Waals surface area contributed by atoms with Crippen molar-refractivity contribution in [1.82, 2.24) is 9.38 Å². The summed E-state index contributed by atoms with van der Waals surface area (Å²) < 4.78 is 3.37. The van der Waals surface area contributed by atoms with E-state index in [-0.39, 0.29) is 0 Å². The molecule has 0 fully saturated rings. The Balaban J connectivity index is 2.23. The summed E-state index contributed by atoms with van der Waals surface area (Å²) >= 11 is 1.63. The average Bonchev–Trinajstić information content (AvgIpc) is 2.73. The molecule has 0 aliphatic heterocycles. The first kappa shape index (κ1) is 9.68. The molecule has 1 aromatic carbocycles. The van der Waals surface area contributed by atoms with Crippen molar-refractivity contribution in [2.75, 3.05) is 0 Å². The zero-order valence-electron chi connectivity index (χ0n) is 8.67. The zero-order valence-corrected chi connectivity index (χ0v) is 11.1. The van der Waals surface area contributed by atoms with E-state index in [0.29, 0.717) is 0 Å². The van der Waals surface area contributed by atoms with Crippen LogP contribution in [0.5, 0.6) is 0 Å². The molecule has 2 heterocycles. The van der Waals surface area contributed by atoms with E-state index < -0.39 is 0 Å². The molecular weight excluding hydrogens is 259 g/mol. The molecule has 3 heteroatoms. The predicted molar refractivity (Wildman–Crippen MR) is 68.8 cm³/mol. The number of hydrogen-bond acceptors (Lipinski definition) is 1. The fourth-order valence-corrected chi connectivity index (χ4v) is 2.54. The van der Waals surface area contributed by atoms with Crippen LogP contribution in [0.4, 0.5) is 0 Å². The summed E-state index contributed by atoms with van der Waals surface area (Å²) in [5.74, 6) is 0. The third-order valence-electron chi connectivity index (χ3n) is 2.60. The normalized spacial score (nSPS) is 10.8. The molecule has 0 aliphatic carbocycles. The fraction of sp³-hybridized carbons (Fsp3) is 0. The van der Waals surface area contributed by atoms with E-state index >= 15 is 0 Å². The third-order valence-corrected chi connectivity index (χ3v) is 3.66. The Kier molecular flexibility index (Phi) is 2.30. The summed E-state index contributed by atoms with van der Waals surface area (Å²) in [7, 11) is 0. The molecule has 1 unspecified atom stereocenters. The molecular formula is C13H11AsN2. The Morgan fingerprint density at radius 3 is 2.62 bits per heavy atom. The molecule has 0 amide bonds. The maximum absolute atomic E-state index is 4.62. The number of hydrogen-bond donors (Lipinski definition) is 0. The topological polar surface area (TPSA) is 17.3 Å². The summed E-state index contributed by atoms with van der Waals surface area (Å²) in [6.45, 7) is 0. The van der Waals surface area contributed by atoms with Gasteiger partial charge in [0, 0.05) is 0 Å². The molecule has 0 radical (unpaired) electrons. The molecule has 0 aliphatic rings. The number of benzene rings is 1. The van der Waals surface area contributed by atoms with Crippen molar-refractivity contribution in [2.45, 2.75) is 0 Å². The standard InChI is InChI=1S/C13H11AsN2/c14-11-6-2-1-5-10(11)12-9-16-8-4-3-7-13(16)15-12/h1-9H,14H2. The minimum atomic E-state index is 0.994. The van der Waals surface area contributed by atoms with Crippen LogP contribution in [0.2, 0.25) is 0 Å². The maximum atomic E-state index is 4.62. The predicted octanol–water partition coefficient (Wildman–Crippen LogP) is 1.26. The van der Waals surface area contributed by atoms with E-state index in [9.17, 15) is 0 Å². The molecule has 1 atom stereocenters. The van der Waals surface area contributed by atoms with E-state index in [1.807, 2.05) is 24.4 Å². The first-order valence-electron chi connectivity index (χ1n) is 5.13. The van der Waals surface area contributed by atoms with Crippen molar-refractivity contribution in [3.05, 3.63) is 54.9 Å². The van der Waals surface area contributed by atoms with Gasteiger partial charge in [0.2, 0.25) is 0 Å². The van der Waals surface area contributed by atoms with E-state index in [1.54, 1.807) is 16.9 Å². The Hall–Kier alpha value is -1.53. The molecule has 78 valence electrons. The fourth-order valence-electron chi connectivity index (χ4n) is 1.79. The van der Waals surface area contributed by atoms with Gasteiger partial charge in [0.25, 0.3) is 0 Å². The van der Waals surface area contributed by atoms with Gasteiger partial charge in [-0.3, -0.25) is 0 Å². The van der Waals surface area contributed by atoms with Crippen LogP contribution in [0.3, 0.4) is 0 Å². The van der Waals surface area contributed by atoms with Crippen LogP contribution in [-0.4, -0.2) is 26.2 Å². The van der Waals surface area contributed by atoms with Gasteiger partial charge in [-0.25, -0.2) is 0 Å². The van der Waals surface area contributed by atoms with Gasteiger partial charge in [-0.1, -0.05) is 0 Å². The third kappa shape index (κ3) is 1.56. The second-order valence-electron chi connectivity index (χ2n) is 3.68. The van der Waals surface area contributed by atoms with E-state index in [2.05, 4.69) is 39.8 Å². The van der Waals surface area contributed by atoms with Crippen LogP contribution in [0.1, 0.15) is 0 Å². The van der Waals surface area contributed by atoms with Crippen molar-refractivity contribution < 1.29 is 0 Å². The average molecular weight is 270 g/mol. The number of pyridine rings is 1. The molecule has 0 bridgehead atoms. The van der Waals surface area contributed by atoms with Gasteiger partial charge < -0.3 is 0 Å². The zero-order chi connectivity index (χ0) is 11.0. The van der Waals surface area contributed by atoms with Crippen LogP contribution >= 0.6 is 0 Å². The van der Waals surface area contributed by atoms with Gasteiger partial charge in [-0.15, -0.1) is 0 Å². The van der Waals surface area contributed by atoms with Crippen molar-refractivity contribution in [3.8, 4) is 11.3 Å². The van der Waals surface area contributed by atoms with Gasteiger partial charge >= 0.3 is 102 Å². The first-order chi connectivity index (χ1) is 7.84. The number of aromatic nitrogens is 2. The summed E-state index contributed by atoms with van der Waals surface area (Å²) in [5, 5.41) is 0. The molecule has 2 nitrogen and oxygen atoms in total. The molecule has 0 saturated carbocycles. The molecule has 2 aromatic heterocycles. The Morgan fingerprint density at radius 2 is 1.81 bits per heavy atom. The second-order valence-corrected chi connectivity index (χ2v) is 4.98.